The van der Waals surface area contributed by atoms with Gasteiger partial charge in [0.15, 0.2) is 0 Å². The Kier molecular flexibility index (Phi) is 7.02. The summed E-state index contributed by atoms with van der Waals surface area (Å²) in [5, 5.41) is 3.61. The fourth-order valence-electron chi connectivity index (χ4n) is 6.20. The predicted molar refractivity (Wildman–Crippen MR) is 121 cm³/mol. The number of nitrogens with one attached hydrogen (secondary N) is 1. The lowest BCUT2D eigenvalue weighted by Crippen LogP contribution is -2.60. The van der Waals surface area contributed by atoms with E-state index < -0.39 is 0 Å². The molecule has 172 valence electrons. The molecule has 1 aromatic rings. The standard InChI is InChI=1S/C26H39FN2O2/c1-25(2)19-29(13-14-31-25)24(30)23-17-26(11-6-4-3-5-7-12-26)21(18-28-23)15-20-9-8-10-22(27)16-20/h8-10,16,21,23,28H,3-7,11-15,17-19H2,1-2H3. The van der Waals surface area contributed by atoms with Gasteiger partial charge in [-0.1, -0.05) is 44.2 Å². The van der Waals surface area contributed by atoms with Crippen LogP contribution in [-0.2, 0) is 16.0 Å². The molecular weight excluding hydrogens is 391 g/mol. The molecule has 1 aromatic carbocycles. The van der Waals surface area contributed by atoms with E-state index in [1.165, 1.54) is 51.0 Å². The number of rotatable bonds is 3. The maximum absolute atomic E-state index is 13.8. The van der Waals surface area contributed by atoms with Gasteiger partial charge in [-0.05, 0) is 75.1 Å². The lowest BCUT2D eigenvalue weighted by atomic mass is 9.61. The Morgan fingerprint density at radius 2 is 1.94 bits per heavy atom. The predicted octanol–water partition coefficient (Wildman–Crippen LogP) is 4.71. The second kappa shape index (κ2) is 9.58. The van der Waals surface area contributed by atoms with Crippen molar-refractivity contribution in [1.29, 1.82) is 0 Å². The van der Waals surface area contributed by atoms with Gasteiger partial charge in [-0.15, -0.1) is 0 Å². The number of halogens is 1. The number of ether oxygens (including phenoxy) is 1. The number of amides is 1. The van der Waals surface area contributed by atoms with Gasteiger partial charge in [0.25, 0.3) is 0 Å². The van der Waals surface area contributed by atoms with Crippen molar-refractivity contribution in [3.05, 3.63) is 35.6 Å². The monoisotopic (exact) mass is 430 g/mol. The number of nitrogens with zero attached hydrogens (tertiary/aromatic N) is 1. The molecule has 3 aliphatic rings. The highest BCUT2D eigenvalue weighted by Gasteiger charge is 2.46. The second-order valence-electron chi connectivity index (χ2n) is 10.7. The molecule has 3 fully saturated rings. The van der Waals surface area contributed by atoms with Gasteiger partial charge in [0.05, 0.1) is 18.2 Å². The van der Waals surface area contributed by atoms with E-state index in [2.05, 4.69) is 19.2 Å². The van der Waals surface area contributed by atoms with E-state index in [0.29, 0.717) is 25.6 Å². The van der Waals surface area contributed by atoms with E-state index in [9.17, 15) is 9.18 Å². The largest absolute Gasteiger partial charge is 0.372 e. The van der Waals surface area contributed by atoms with Crippen LogP contribution < -0.4 is 5.32 Å². The highest BCUT2D eigenvalue weighted by atomic mass is 19.1. The molecule has 1 spiro atoms. The van der Waals surface area contributed by atoms with Gasteiger partial charge in [-0.2, -0.15) is 0 Å². The van der Waals surface area contributed by atoms with Gasteiger partial charge in [0.2, 0.25) is 5.91 Å². The van der Waals surface area contributed by atoms with E-state index in [4.69, 9.17) is 4.74 Å². The zero-order valence-electron chi connectivity index (χ0n) is 19.3. The van der Waals surface area contributed by atoms with Crippen LogP contribution in [0.4, 0.5) is 4.39 Å². The zero-order valence-corrected chi connectivity index (χ0v) is 19.3. The Morgan fingerprint density at radius 1 is 1.19 bits per heavy atom. The van der Waals surface area contributed by atoms with Crippen LogP contribution in [0.2, 0.25) is 0 Å². The molecule has 0 aromatic heterocycles. The van der Waals surface area contributed by atoms with Crippen molar-refractivity contribution in [2.75, 3.05) is 26.2 Å². The van der Waals surface area contributed by atoms with Crippen LogP contribution in [0.25, 0.3) is 0 Å². The van der Waals surface area contributed by atoms with Crippen molar-refractivity contribution in [2.45, 2.75) is 83.3 Å². The first kappa shape index (κ1) is 22.7. The lowest BCUT2D eigenvalue weighted by Gasteiger charge is -2.50. The summed E-state index contributed by atoms with van der Waals surface area (Å²) in [6.07, 6.45) is 10.6. The summed E-state index contributed by atoms with van der Waals surface area (Å²) in [5.74, 6) is 0.524. The minimum Gasteiger partial charge on any atom is -0.372 e. The van der Waals surface area contributed by atoms with E-state index in [-0.39, 0.29) is 28.8 Å². The third-order valence-corrected chi connectivity index (χ3v) is 7.84. The fraction of sp³-hybridized carbons (Fsp3) is 0.731. The molecule has 1 N–H and O–H groups in total. The average Bonchev–Trinajstić information content (AvgIpc) is 2.71. The molecule has 31 heavy (non-hydrogen) atoms. The minimum absolute atomic E-state index is 0.114. The first-order chi connectivity index (χ1) is 14.9. The molecule has 4 nitrogen and oxygen atoms in total. The topological polar surface area (TPSA) is 41.6 Å². The molecular formula is C26H39FN2O2. The smallest absolute Gasteiger partial charge is 0.239 e. The molecule has 0 bridgehead atoms. The number of morpholine rings is 1. The Morgan fingerprint density at radius 3 is 2.65 bits per heavy atom. The Balaban J connectivity index is 1.53. The fourth-order valence-corrected chi connectivity index (χ4v) is 6.20. The summed E-state index contributed by atoms with van der Waals surface area (Å²) in [5.41, 5.74) is 0.966. The third kappa shape index (κ3) is 5.48. The van der Waals surface area contributed by atoms with Crippen molar-refractivity contribution in [1.82, 2.24) is 10.2 Å². The summed E-state index contributed by atoms with van der Waals surface area (Å²) < 4.78 is 19.7. The summed E-state index contributed by atoms with van der Waals surface area (Å²) in [7, 11) is 0. The minimum atomic E-state index is -0.277. The van der Waals surface area contributed by atoms with Crippen LogP contribution >= 0.6 is 0 Å². The molecule has 1 amide bonds. The van der Waals surface area contributed by atoms with Crippen molar-refractivity contribution in [2.24, 2.45) is 11.3 Å². The molecule has 1 saturated carbocycles. The normalized spacial score (nSPS) is 28.7. The summed E-state index contributed by atoms with van der Waals surface area (Å²) in [6, 6.07) is 6.96. The van der Waals surface area contributed by atoms with E-state index >= 15 is 0 Å². The molecule has 4 rings (SSSR count). The van der Waals surface area contributed by atoms with E-state index in [1.54, 1.807) is 6.07 Å². The van der Waals surface area contributed by atoms with Gasteiger partial charge in [0.1, 0.15) is 5.82 Å². The number of hydrogen-bond acceptors (Lipinski definition) is 3. The van der Waals surface area contributed by atoms with Crippen LogP contribution in [0, 0.1) is 17.2 Å². The number of carbonyl (C=O) groups excluding carboxylic acids is 1. The summed E-state index contributed by atoms with van der Waals surface area (Å²) in [4.78, 5) is 15.5. The van der Waals surface area contributed by atoms with Crippen molar-refractivity contribution >= 4 is 5.91 Å². The Labute approximate surface area is 186 Å². The molecule has 2 heterocycles. The van der Waals surface area contributed by atoms with Crippen LogP contribution in [-0.4, -0.2) is 48.7 Å². The average molecular weight is 431 g/mol. The molecule has 2 aliphatic heterocycles. The Bertz CT molecular complexity index is 758. The third-order valence-electron chi connectivity index (χ3n) is 7.84. The summed E-state index contributed by atoms with van der Waals surface area (Å²) >= 11 is 0. The molecule has 2 unspecified atom stereocenters. The molecule has 1 aliphatic carbocycles. The second-order valence-corrected chi connectivity index (χ2v) is 10.7. The van der Waals surface area contributed by atoms with Crippen LogP contribution in [0.5, 0.6) is 0 Å². The Hall–Kier alpha value is -1.46. The molecule has 5 heteroatoms. The first-order valence-corrected chi connectivity index (χ1v) is 12.3. The first-order valence-electron chi connectivity index (χ1n) is 12.3. The summed E-state index contributed by atoms with van der Waals surface area (Å²) in [6.45, 7) is 6.90. The van der Waals surface area contributed by atoms with E-state index in [1.807, 2.05) is 17.0 Å². The maximum Gasteiger partial charge on any atom is 0.239 e. The number of hydrogen-bond donors (Lipinski definition) is 1. The van der Waals surface area contributed by atoms with Crippen molar-refractivity contribution in [3.8, 4) is 0 Å². The quantitative estimate of drug-likeness (QED) is 0.755. The van der Waals surface area contributed by atoms with Crippen LogP contribution in [0.1, 0.15) is 70.8 Å². The van der Waals surface area contributed by atoms with Gasteiger partial charge in [0, 0.05) is 13.1 Å². The SMILES string of the molecule is CC1(C)CN(C(=O)C2CC3(CCCCCCC3)C(Cc3cccc(F)c3)CN2)CCO1. The van der Waals surface area contributed by atoms with E-state index in [0.717, 1.165) is 24.9 Å². The van der Waals surface area contributed by atoms with Crippen LogP contribution in [0.3, 0.4) is 0 Å². The number of carbonyl (C=O) groups is 1. The number of piperidine rings is 1. The molecule has 2 saturated heterocycles. The van der Waals surface area contributed by atoms with Crippen molar-refractivity contribution < 1.29 is 13.9 Å². The van der Waals surface area contributed by atoms with Gasteiger partial charge in [-0.25, -0.2) is 4.39 Å². The zero-order chi connectivity index (χ0) is 21.9. The molecule has 2 atom stereocenters. The number of benzene rings is 1. The molecule has 0 radical (unpaired) electrons. The van der Waals surface area contributed by atoms with Gasteiger partial charge in [-0.3, -0.25) is 4.79 Å². The van der Waals surface area contributed by atoms with Gasteiger partial charge >= 0.3 is 0 Å². The van der Waals surface area contributed by atoms with Crippen molar-refractivity contribution in [3.63, 3.8) is 0 Å². The highest BCUT2D eigenvalue weighted by molar-refractivity contribution is 5.82. The lowest BCUT2D eigenvalue weighted by molar-refractivity contribution is -0.150. The maximum atomic E-state index is 13.8. The highest BCUT2D eigenvalue weighted by Crippen LogP contribution is 2.48. The van der Waals surface area contributed by atoms with Gasteiger partial charge < -0.3 is 15.0 Å². The van der Waals surface area contributed by atoms with Crippen LogP contribution in [0.15, 0.2) is 24.3 Å².